The van der Waals surface area contributed by atoms with Crippen LogP contribution in [0.4, 0.5) is 14.9 Å². The van der Waals surface area contributed by atoms with Crippen molar-refractivity contribution in [1.82, 2.24) is 10.2 Å². The molecule has 0 unspecified atom stereocenters. The van der Waals surface area contributed by atoms with Gasteiger partial charge in [0.1, 0.15) is 5.82 Å². The Bertz CT molecular complexity index is 1050. The fourth-order valence-electron chi connectivity index (χ4n) is 3.14. The summed E-state index contributed by atoms with van der Waals surface area (Å²) in [5.41, 5.74) is 1.04. The first-order valence-electron chi connectivity index (χ1n) is 9.42. The number of carboxylic acids is 1. The molecule has 0 aromatic heterocycles. The molecule has 9 heteroatoms. The van der Waals surface area contributed by atoms with Gasteiger partial charge in [0.25, 0.3) is 5.91 Å². The van der Waals surface area contributed by atoms with Crippen molar-refractivity contribution in [3.63, 3.8) is 0 Å². The van der Waals surface area contributed by atoms with E-state index in [-0.39, 0.29) is 18.7 Å². The highest BCUT2D eigenvalue weighted by Crippen LogP contribution is 2.30. The molecule has 3 rings (SSSR count). The van der Waals surface area contributed by atoms with Crippen LogP contribution in [0.2, 0.25) is 0 Å². The van der Waals surface area contributed by atoms with E-state index in [1.165, 1.54) is 25.4 Å². The summed E-state index contributed by atoms with van der Waals surface area (Å²) >= 11 is 0. The number of halogens is 1. The van der Waals surface area contributed by atoms with Crippen molar-refractivity contribution in [2.75, 3.05) is 18.5 Å². The van der Waals surface area contributed by atoms with Gasteiger partial charge in [-0.2, -0.15) is 0 Å². The van der Waals surface area contributed by atoms with E-state index in [0.29, 0.717) is 5.56 Å². The highest BCUT2D eigenvalue weighted by Gasteiger charge is 2.40. The van der Waals surface area contributed by atoms with Gasteiger partial charge >= 0.3 is 12.0 Å². The predicted octanol–water partition coefficient (Wildman–Crippen LogP) is 2.41. The summed E-state index contributed by atoms with van der Waals surface area (Å²) in [4.78, 5) is 50.8. The number of nitrogens with one attached hydrogen (secondary N) is 1. The molecule has 1 heterocycles. The molecule has 2 aromatic carbocycles. The van der Waals surface area contributed by atoms with Crippen molar-refractivity contribution in [2.45, 2.75) is 12.5 Å². The molecule has 0 radical (unpaired) electrons. The number of carbonyl (C=O) groups excluding carboxylic acids is 3. The Hall–Kier alpha value is -4.01. The zero-order valence-electron chi connectivity index (χ0n) is 16.6. The van der Waals surface area contributed by atoms with E-state index in [1.807, 2.05) is 6.07 Å². The molecule has 1 aliphatic heterocycles. The Balaban J connectivity index is 2.07. The third-order valence-electron chi connectivity index (χ3n) is 4.72. The first-order valence-corrected chi connectivity index (χ1v) is 9.42. The van der Waals surface area contributed by atoms with Crippen LogP contribution in [-0.2, 0) is 14.4 Å². The maximum absolute atomic E-state index is 14.9. The van der Waals surface area contributed by atoms with Gasteiger partial charge in [0.15, 0.2) is 11.8 Å². The van der Waals surface area contributed by atoms with Crippen LogP contribution >= 0.6 is 0 Å². The van der Waals surface area contributed by atoms with Crippen LogP contribution in [0.5, 0.6) is 0 Å². The third kappa shape index (κ3) is 4.77. The normalized spacial score (nSPS) is 15.7. The van der Waals surface area contributed by atoms with Gasteiger partial charge in [-0.05, 0) is 23.3 Å². The molecule has 3 amide bonds. The van der Waals surface area contributed by atoms with E-state index in [1.54, 1.807) is 24.3 Å². The highest BCUT2D eigenvalue weighted by atomic mass is 19.1. The second kappa shape index (κ2) is 9.21. The molecule has 31 heavy (non-hydrogen) atoms. The zero-order valence-corrected chi connectivity index (χ0v) is 16.6. The number of benzene rings is 2. The van der Waals surface area contributed by atoms with Gasteiger partial charge in [-0.25, -0.2) is 9.18 Å². The Morgan fingerprint density at radius 3 is 2.52 bits per heavy atom. The molecule has 0 spiro atoms. The smallest absolute Gasteiger partial charge is 0.323 e. The fourth-order valence-corrected chi connectivity index (χ4v) is 3.14. The van der Waals surface area contributed by atoms with Gasteiger partial charge in [0.05, 0.1) is 12.1 Å². The molecule has 2 aromatic rings. The average Bonchev–Trinajstić information content (AvgIpc) is 2.75. The molecule has 0 bridgehead atoms. The molecule has 0 fully saturated rings. The first-order chi connectivity index (χ1) is 14.8. The monoisotopic (exact) mass is 425 g/mol. The summed E-state index contributed by atoms with van der Waals surface area (Å²) < 4.78 is 14.9. The lowest BCUT2D eigenvalue weighted by Crippen LogP contribution is -2.57. The number of carbonyl (C=O) groups is 4. The van der Waals surface area contributed by atoms with Crippen molar-refractivity contribution in [2.24, 2.45) is 0 Å². The van der Waals surface area contributed by atoms with Gasteiger partial charge in [0, 0.05) is 25.9 Å². The second-order valence-corrected chi connectivity index (χ2v) is 6.85. The van der Waals surface area contributed by atoms with Crippen LogP contribution in [0.15, 0.2) is 60.8 Å². The van der Waals surface area contributed by atoms with Gasteiger partial charge in [-0.1, -0.05) is 36.4 Å². The van der Waals surface area contributed by atoms with Crippen molar-refractivity contribution in [1.29, 1.82) is 0 Å². The number of ketones is 1. The van der Waals surface area contributed by atoms with Crippen molar-refractivity contribution >= 4 is 29.4 Å². The van der Waals surface area contributed by atoms with Crippen LogP contribution in [-0.4, -0.2) is 53.3 Å². The van der Waals surface area contributed by atoms with Crippen molar-refractivity contribution in [3.05, 3.63) is 66.6 Å². The molecule has 1 atom stereocenters. The largest absolute Gasteiger partial charge is 0.481 e. The Morgan fingerprint density at radius 1 is 1.13 bits per heavy atom. The lowest BCUT2D eigenvalue weighted by molar-refractivity contribution is -0.137. The minimum atomic E-state index is -1.62. The van der Waals surface area contributed by atoms with Gasteiger partial charge in [0.2, 0.25) is 0 Å². The van der Waals surface area contributed by atoms with Crippen LogP contribution in [0.25, 0.3) is 11.1 Å². The van der Waals surface area contributed by atoms with Crippen molar-refractivity contribution in [3.8, 4) is 11.1 Å². The lowest BCUT2D eigenvalue weighted by Gasteiger charge is -2.33. The highest BCUT2D eigenvalue weighted by molar-refractivity contribution is 6.19. The SMILES string of the molecule is CN1C=CC(=O)[C@H](N(C(=O)NCCC(=O)O)c2cc(-c3ccccc3)ccc2F)C1=O. The Kier molecular flexibility index (Phi) is 6.44. The molecule has 160 valence electrons. The summed E-state index contributed by atoms with van der Waals surface area (Å²) in [6.07, 6.45) is 2.01. The lowest BCUT2D eigenvalue weighted by atomic mass is 10.0. The molecule has 1 aliphatic rings. The standard InChI is InChI=1S/C22H20FN3O5/c1-25-12-10-18(27)20(21(25)30)26(22(31)24-11-9-19(28)29)17-13-15(7-8-16(17)23)14-5-3-2-4-6-14/h2-8,10,12-13,20H,9,11H2,1H3,(H,24,31)(H,28,29)/t20-/m0/s1. The maximum Gasteiger partial charge on any atom is 0.323 e. The minimum absolute atomic E-state index is 0.258. The summed E-state index contributed by atoms with van der Waals surface area (Å²) in [6.45, 7) is -0.258. The van der Waals surface area contributed by atoms with Crippen LogP contribution < -0.4 is 10.2 Å². The third-order valence-corrected chi connectivity index (χ3v) is 4.72. The minimum Gasteiger partial charge on any atom is -0.481 e. The number of rotatable bonds is 6. The molecule has 0 saturated heterocycles. The number of nitrogens with zero attached hydrogens (tertiary/aromatic N) is 2. The molecule has 2 N–H and O–H groups in total. The predicted molar refractivity (Wildman–Crippen MR) is 111 cm³/mol. The summed E-state index contributed by atoms with van der Waals surface area (Å²) in [6, 6.07) is 10.4. The van der Waals surface area contributed by atoms with Gasteiger partial charge < -0.3 is 15.3 Å². The van der Waals surface area contributed by atoms with Crippen LogP contribution in [0, 0.1) is 5.82 Å². The Morgan fingerprint density at radius 2 is 1.84 bits per heavy atom. The molecular formula is C22H20FN3O5. The summed E-state index contributed by atoms with van der Waals surface area (Å²) in [5, 5.41) is 11.2. The number of aliphatic carboxylic acids is 1. The molecule has 8 nitrogen and oxygen atoms in total. The molecular weight excluding hydrogens is 405 g/mol. The molecule has 0 saturated carbocycles. The Labute approximate surface area is 177 Å². The van der Waals surface area contributed by atoms with E-state index in [4.69, 9.17) is 5.11 Å². The van der Waals surface area contributed by atoms with Crippen LogP contribution in [0.3, 0.4) is 0 Å². The number of anilines is 1. The quantitative estimate of drug-likeness (QED) is 0.692. The van der Waals surface area contributed by atoms with E-state index in [2.05, 4.69) is 5.32 Å². The average molecular weight is 425 g/mol. The van der Waals surface area contributed by atoms with E-state index in [0.717, 1.165) is 27.5 Å². The first kappa shape index (κ1) is 21.7. The number of amides is 3. The summed E-state index contributed by atoms with van der Waals surface area (Å²) in [7, 11) is 1.41. The summed E-state index contributed by atoms with van der Waals surface area (Å²) in [5.74, 6) is -3.37. The topological polar surface area (TPSA) is 107 Å². The second-order valence-electron chi connectivity index (χ2n) is 6.85. The fraction of sp³-hybridized carbons (Fsp3) is 0.182. The number of urea groups is 1. The van der Waals surface area contributed by atoms with E-state index in [9.17, 15) is 23.6 Å². The van der Waals surface area contributed by atoms with Gasteiger partial charge in [-0.15, -0.1) is 0 Å². The number of hydrogen-bond acceptors (Lipinski definition) is 4. The number of likely N-dealkylation sites (N-methyl/N-ethyl adjacent to an activating group) is 1. The van der Waals surface area contributed by atoms with Crippen LogP contribution in [0.1, 0.15) is 6.42 Å². The number of hydrogen-bond donors (Lipinski definition) is 2. The molecule has 0 aliphatic carbocycles. The van der Waals surface area contributed by atoms with E-state index < -0.39 is 35.5 Å². The zero-order chi connectivity index (χ0) is 22.5. The maximum atomic E-state index is 14.9. The van der Waals surface area contributed by atoms with E-state index >= 15 is 0 Å². The number of carboxylic acid groups (broad SMARTS) is 1. The van der Waals surface area contributed by atoms with Gasteiger partial charge in [-0.3, -0.25) is 19.3 Å². The van der Waals surface area contributed by atoms with Crippen molar-refractivity contribution < 1.29 is 28.7 Å².